The Bertz CT molecular complexity index is 1330. The molecule has 1 unspecified atom stereocenters. The van der Waals surface area contributed by atoms with Crippen LogP contribution in [-0.4, -0.2) is 72.1 Å². The number of carbonyl (C=O) groups is 2. The minimum absolute atomic E-state index is 0.0526. The van der Waals surface area contributed by atoms with Gasteiger partial charge < -0.3 is 15.3 Å². The van der Waals surface area contributed by atoms with Crippen molar-refractivity contribution in [1.29, 1.82) is 0 Å². The summed E-state index contributed by atoms with van der Waals surface area (Å²) in [6.45, 7) is 3.20. The maximum absolute atomic E-state index is 14.1. The largest absolute Gasteiger partial charge is 0.395 e. The van der Waals surface area contributed by atoms with Crippen molar-refractivity contribution in [2.45, 2.75) is 24.4 Å². The molecule has 2 heterocycles. The molecule has 0 bridgehead atoms. The van der Waals surface area contributed by atoms with Gasteiger partial charge in [0.05, 0.1) is 12.6 Å². The molecule has 2 atom stereocenters. The van der Waals surface area contributed by atoms with Crippen molar-refractivity contribution in [1.82, 2.24) is 15.1 Å². The van der Waals surface area contributed by atoms with Crippen LogP contribution in [0, 0.1) is 0 Å². The minimum atomic E-state index is -1.21. The number of carbonyl (C=O) groups excluding carboxylic acids is 2. The summed E-state index contributed by atoms with van der Waals surface area (Å²) in [6.07, 6.45) is 0.723. The average Bonchev–Trinajstić information content (AvgIpc) is 3.18. The summed E-state index contributed by atoms with van der Waals surface area (Å²) in [4.78, 5) is 32.0. The molecule has 0 aromatic heterocycles. The van der Waals surface area contributed by atoms with Crippen LogP contribution in [-0.2, 0) is 28.0 Å². The van der Waals surface area contributed by atoms with E-state index in [0.717, 1.165) is 16.7 Å². The molecule has 7 nitrogen and oxygen atoms in total. The first kappa shape index (κ1) is 27.6. The van der Waals surface area contributed by atoms with Gasteiger partial charge in [0.15, 0.2) is 0 Å². The number of hydrogen-bond acceptors (Lipinski definition) is 5. The molecule has 0 aliphatic carbocycles. The number of anilines is 1. The zero-order valence-electron chi connectivity index (χ0n) is 21.6. The molecule has 2 aliphatic heterocycles. The number of nitrogens with zero attached hydrogens (tertiary/aromatic N) is 2. The van der Waals surface area contributed by atoms with Crippen LogP contribution < -0.4 is 10.6 Å². The molecule has 1 saturated heterocycles. The topological polar surface area (TPSA) is 84.9 Å². The highest BCUT2D eigenvalue weighted by molar-refractivity contribution is 6.31. The molecule has 0 radical (unpaired) electrons. The third kappa shape index (κ3) is 6.13. The third-order valence-corrected chi connectivity index (χ3v) is 8.01. The molecule has 204 valence electrons. The van der Waals surface area contributed by atoms with Gasteiger partial charge in [0.1, 0.15) is 5.54 Å². The fourth-order valence-electron chi connectivity index (χ4n) is 5.57. The van der Waals surface area contributed by atoms with E-state index in [1.54, 1.807) is 18.2 Å². The number of aliphatic hydroxyl groups excluding tert-OH is 1. The molecule has 1 fully saturated rings. The second kappa shape index (κ2) is 12.1. The Morgan fingerprint density at radius 2 is 1.67 bits per heavy atom. The maximum atomic E-state index is 14.1. The number of halogens is 2. The Labute approximate surface area is 238 Å². The average molecular weight is 568 g/mol. The van der Waals surface area contributed by atoms with Gasteiger partial charge >= 0.3 is 0 Å². The second-order valence-electron chi connectivity index (χ2n) is 10.1. The van der Waals surface area contributed by atoms with Crippen LogP contribution in [0.25, 0.3) is 0 Å². The molecule has 5 rings (SSSR count). The van der Waals surface area contributed by atoms with E-state index in [0.29, 0.717) is 61.3 Å². The van der Waals surface area contributed by atoms with E-state index in [1.807, 2.05) is 59.5 Å². The van der Waals surface area contributed by atoms with Crippen LogP contribution in [0.4, 0.5) is 5.69 Å². The van der Waals surface area contributed by atoms with Gasteiger partial charge in [-0.2, -0.15) is 0 Å². The van der Waals surface area contributed by atoms with Crippen molar-refractivity contribution in [3.8, 4) is 0 Å². The molecular formula is C30H32Cl2N4O3. The van der Waals surface area contributed by atoms with Gasteiger partial charge in [-0.25, -0.2) is 0 Å². The van der Waals surface area contributed by atoms with Crippen molar-refractivity contribution < 1.29 is 14.7 Å². The van der Waals surface area contributed by atoms with Gasteiger partial charge in [-0.3, -0.25) is 19.8 Å². The van der Waals surface area contributed by atoms with E-state index >= 15 is 0 Å². The SMILES string of the molecule is O=C([C@H](Cc1ccccc1)NC1(Cc2cccc(Cl)c2)C(=O)Nc2cc(Cl)ccc21)N1CCN(CCO)CC1. The summed E-state index contributed by atoms with van der Waals surface area (Å²) < 4.78 is 0. The van der Waals surface area contributed by atoms with Crippen LogP contribution in [0.5, 0.6) is 0 Å². The minimum Gasteiger partial charge on any atom is -0.395 e. The standard InChI is InChI=1S/C30H32Cl2N4O3/c31-23-8-4-7-22(17-23)20-30(25-10-9-24(32)19-26(25)33-29(30)39)34-27(18-21-5-2-1-3-6-21)28(38)36-13-11-35(12-14-36)15-16-37/h1-10,17,19,27,34,37H,11-16,18,20H2,(H,33,39)/t27-,30?/m0/s1. The van der Waals surface area contributed by atoms with E-state index in [9.17, 15) is 14.7 Å². The Hall–Kier alpha value is -2.94. The van der Waals surface area contributed by atoms with Gasteiger partial charge in [0, 0.05) is 60.4 Å². The predicted octanol–water partition coefficient (Wildman–Crippen LogP) is 3.72. The Balaban J connectivity index is 1.52. The summed E-state index contributed by atoms with van der Waals surface area (Å²) in [5.41, 5.74) is 2.03. The summed E-state index contributed by atoms with van der Waals surface area (Å²) in [7, 11) is 0. The first-order chi connectivity index (χ1) is 18.9. The number of β-amino-alcohol motifs (C(OH)–C–C–N with tert-alkyl or cyclic N) is 1. The van der Waals surface area contributed by atoms with E-state index in [4.69, 9.17) is 23.2 Å². The number of rotatable bonds is 9. The molecule has 3 aromatic carbocycles. The zero-order valence-corrected chi connectivity index (χ0v) is 23.1. The Morgan fingerprint density at radius 3 is 2.38 bits per heavy atom. The smallest absolute Gasteiger partial charge is 0.249 e. The normalized spacial score (nSPS) is 20.0. The van der Waals surface area contributed by atoms with E-state index in [1.165, 1.54) is 0 Å². The first-order valence-electron chi connectivity index (χ1n) is 13.2. The van der Waals surface area contributed by atoms with Gasteiger partial charge in [0.2, 0.25) is 11.8 Å². The Morgan fingerprint density at radius 1 is 0.949 bits per heavy atom. The van der Waals surface area contributed by atoms with Crippen LogP contribution in [0.15, 0.2) is 72.8 Å². The van der Waals surface area contributed by atoms with Crippen LogP contribution in [0.3, 0.4) is 0 Å². The number of piperazine rings is 1. The number of nitrogens with one attached hydrogen (secondary N) is 2. The lowest BCUT2D eigenvalue weighted by atomic mass is 9.83. The Kier molecular flexibility index (Phi) is 8.54. The van der Waals surface area contributed by atoms with Crippen molar-refractivity contribution in [2.24, 2.45) is 0 Å². The third-order valence-electron chi connectivity index (χ3n) is 7.54. The molecule has 9 heteroatoms. The van der Waals surface area contributed by atoms with Crippen LogP contribution in [0.2, 0.25) is 10.0 Å². The second-order valence-corrected chi connectivity index (χ2v) is 11.0. The fourth-order valence-corrected chi connectivity index (χ4v) is 5.95. The zero-order chi connectivity index (χ0) is 27.4. The quantitative estimate of drug-likeness (QED) is 0.367. The van der Waals surface area contributed by atoms with Gasteiger partial charge in [0.25, 0.3) is 0 Å². The van der Waals surface area contributed by atoms with E-state index < -0.39 is 11.6 Å². The monoisotopic (exact) mass is 566 g/mol. The number of amides is 2. The molecule has 0 spiro atoms. The van der Waals surface area contributed by atoms with Gasteiger partial charge in [-0.05, 0) is 41.8 Å². The molecule has 39 heavy (non-hydrogen) atoms. The molecule has 3 N–H and O–H groups in total. The molecule has 0 saturated carbocycles. The molecule has 2 aliphatic rings. The van der Waals surface area contributed by atoms with Gasteiger partial charge in [-0.15, -0.1) is 0 Å². The lowest BCUT2D eigenvalue weighted by Crippen LogP contribution is -2.61. The fraction of sp³-hybridized carbons (Fsp3) is 0.333. The maximum Gasteiger partial charge on any atom is 0.249 e. The first-order valence-corrected chi connectivity index (χ1v) is 13.9. The highest BCUT2D eigenvalue weighted by Gasteiger charge is 2.49. The summed E-state index contributed by atoms with van der Waals surface area (Å²) in [5, 5.41) is 17.0. The number of fused-ring (bicyclic) bond motifs is 1. The highest BCUT2D eigenvalue weighted by atomic mass is 35.5. The lowest BCUT2D eigenvalue weighted by molar-refractivity contribution is -0.136. The summed E-state index contributed by atoms with van der Waals surface area (Å²) in [5.74, 6) is -0.290. The number of benzene rings is 3. The molecule has 2 amide bonds. The van der Waals surface area contributed by atoms with Crippen molar-refractivity contribution in [3.05, 3.63) is 99.5 Å². The van der Waals surface area contributed by atoms with Crippen molar-refractivity contribution >= 4 is 40.7 Å². The summed E-state index contributed by atoms with van der Waals surface area (Å²) in [6, 6.07) is 22.0. The number of aliphatic hydroxyl groups is 1. The van der Waals surface area contributed by atoms with Crippen LogP contribution in [0.1, 0.15) is 16.7 Å². The number of hydrogen-bond donors (Lipinski definition) is 3. The highest BCUT2D eigenvalue weighted by Crippen LogP contribution is 2.40. The van der Waals surface area contributed by atoms with E-state index in [2.05, 4.69) is 15.5 Å². The predicted molar refractivity (Wildman–Crippen MR) is 154 cm³/mol. The molecular weight excluding hydrogens is 535 g/mol. The summed E-state index contributed by atoms with van der Waals surface area (Å²) >= 11 is 12.6. The van der Waals surface area contributed by atoms with Crippen LogP contribution >= 0.6 is 23.2 Å². The van der Waals surface area contributed by atoms with Gasteiger partial charge in [-0.1, -0.05) is 71.7 Å². The van der Waals surface area contributed by atoms with E-state index in [-0.39, 0.29) is 18.4 Å². The lowest BCUT2D eigenvalue weighted by Gasteiger charge is -2.39. The molecule has 3 aromatic rings. The van der Waals surface area contributed by atoms with Crippen molar-refractivity contribution in [2.75, 3.05) is 44.6 Å². The van der Waals surface area contributed by atoms with Crippen molar-refractivity contribution in [3.63, 3.8) is 0 Å².